The van der Waals surface area contributed by atoms with E-state index in [9.17, 15) is 9.90 Å². The first-order chi connectivity index (χ1) is 13.0. The topological polar surface area (TPSA) is 50.4 Å². The molecule has 0 saturated heterocycles. The summed E-state index contributed by atoms with van der Waals surface area (Å²) in [7, 11) is 0. The van der Waals surface area contributed by atoms with Gasteiger partial charge in [0.2, 0.25) is 0 Å². The Morgan fingerprint density at radius 3 is 2.52 bits per heavy atom. The maximum absolute atomic E-state index is 12.9. The summed E-state index contributed by atoms with van der Waals surface area (Å²) in [6.07, 6.45) is 6.17. The average molecular weight is 415 g/mol. The van der Waals surface area contributed by atoms with Gasteiger partial charge in [-0.3, -0.25) is 0 Å². The quantitative estimate of drug-likeness (QED) is 0.401. The van der Waals surface area contributed by atoms with Crippen LogP contribution in [0.5, 0.6) is 5.75 Å². The Morgan fingerprint density at radius 1 is 1.07 bits per heavy atom. The van der Waals surface area contributed by atoms with E-state index in [1.807, 2.05) is 12.2 Å². The second-order valence-corrected chi connectivity index (χ2v) is 7.42. The van der Waals surface area contributed by atoms with Crippen molar-refractivity contribution in [2.45, 2.75) is 6.42 Å². The minimum atomic E-state index is -0.529. The molecule has 27 heavy (non-hydrogen) atoms. The number of phenolic OH excluding ortho intramolecular Hbond substituents is 1. The number of thiocarbonyl (C=S) groups is 1. The third-order valence-corrected chi connectivity index (χ3v) is 5.24. The predicted molar refractivity (Wildman–Crippen MR) is 114 cm³/mol. The molecule has 1 aromatic heterocycles. The van der Waals surface area contributed by atoms with Gasteiger partial charge in [0.15, 0.2) is 5.58 Å². The van der Waals surface area contributed by atoms with Gasteiger partial charge in [0.1, 0.15) is 5.75 Å². The van der Waals surface area contributed by atoms with Gasteiger partial charge in [-0.15, -0.1) is 0 Å². The molecule has 0 radical (unpaired) electrons. The number of benzene rings is 2. The molecule has 0 unspecified atom stereocenters. The second-order valence-electron chi connectivity index (χ2n) is 6.09. The molecule has 6 heteroatoms. The van der Waals surface area contributed by atoms with Crippen molar-refractivity contribution in [3.05, 3.63) is 80.7 Å². The van der Waals surface area contributed by atoms with Gasteiger partial charge in [-0.2, -0.15) is 0 Å². The van der Waals surface area contributed by atoms with Gasteiger partial charge >= 0.3 is 5.63 Å². The molecular formula is C21H12Cl2O3S. The zero-order chi connectivity index (χ0) is 19.1. The molecule has 3 nitrogen and oxygen atoms in total. The summed E-state index contributed by atoms with van der Waals surface area (Å²) in [5, 5.41) is 10.9. The lowest BCUT2D eigenvalue weighted by atomic mass is 9.89. The molecule has 0 bridgehead atoms. The fraction of sp³-hybridized carbons (Fsp3) is 0.0476. The largest absolute Gasteiger partial charge is 0.508 e. The van der Waals surface area contributed by atoms with Gasteiger partial charge < -0.3 is 9.52 Å². The van der Waals surface area contributed by atoms with E-state index in [0.29, 0.717) is 38.4 Å². The first-order valence-electron chi connectivity index (χ1n) is 8.11. The van der Waals surface area contributed by atoms with E-state index in [0.717, 1.165) is 5.56 Å². The Bertz CT molecular complexity index is 1200. The Labute approximate surface area is 170 Å². The van der Waals surface area contributed by atoms with E-state index in [-0.39, 0.29) is 16.4 Å². The van der Waals surface area contributed by atoms with Crippen LogP contribution in [0.15, 0.2) is 63.8 Å². The molecule has 3 aromatic rings. The lowest BCUT2D eigenvalue weighted by molar-refractivity contribution is 0.475. The zero-order valence-corrected chi connectivity index (χ0v) is 16.2. The highest BCUT2D eigenvalue weighted by Gasteiger charge is 2.23. The van der Waals surface area contributed by atoms with Crippen LogP contribution in [0, 0.1) is 0 Å². The summed E-state index contributed by atoms with van der Waals surface area (Å²) in [5.41, 5.74) is 2.07. The normalized spacial score (nSPS) is 13.9. The van der Waals surface area contributed by atoms with Crippen LogP contribution < -0.4 is 5.63 Å². The molecule has 134 valence electrons. The molecule has 0 amide bonds. The van der Waals surface area contributed by atoms with Crippen molar-refractivity contribution in [2.24, 2.45) is 0 Å². The molecule has 2 aromatic carbocycles. The summed E-state index contributed by atoms with van der Waals surface area (Å²) < 4.78 is 5.55. The molecule has 1 heterocycles. The first-order valence-corrected chi connectivity index (χ1v) is 9.28. The lowest BCUT2D eigenvalue weighted by Crippen LogP contribution is -2.14. The summed E-state index contributed by atoms with van der Waals surface area (Å²) in [5.74, 6) is 0.124. The maximum Gasteiger partial charge on any atom is 0.344 e. The van der Waals surface area contributed by atoms with Crippen molar-refractivity contribution in [3.63, 3.8) is 0 Å². The minimum Gasteiger partial charge on any atom is -0.508 e. The number of phenols is 1. The van der Waals surface area contributed by atoms with Crippen LogP contribution in [0.1, 0.15) is 12.0 Å². The average Bonchev–Trinajstić information content (AvgIpc) is 2.63. The number of rotatable bonds is 2. The highest BCUT2D eigenvalue weighted by atomic mass is 35.5. The molecule has 0 atom stereocenters. The summed E-state index contributed by atoms with van der Waals surface area (Å²) in [6, 6.07) is 9.80. The number of hydrogen-bond donors (Lipinski definition) is 1. The van der Waals surface area contributed by atoms with Gasteiger partial charge in [-0.05, 0) is 29.8 Å². The third kappa shape index (κ3) is 3.21. The van der Waals surface area contributed by atoms with Gasteiger partial charge in [0.25, 0.3) is 0 Å². The molecule has 0 spiro atoms. The first kappa shape index (κ1) is 18.0. The van der Waals surface area contributed by atoms with Gasteiger partial charge in [-0.25, -0.2) is 4.79 Å². The van der Waals surface area contributed by atoms with Crippen molar-refractivity contribution in [1.29, 1.82) is 0 Å². The van der Waals surface area contributed by atoms with Crippen LogP contribution >= 0.6 is 35.4 Å². The standard InChI is InChI=1S/C21H12Cl2O3S/c22-12-9-15-18(11-5-7-13(24)8-6-11)19(14-3-1-2-4-17(14)27)21(25)26-20(15)16(23)10-12/h1-3,5-10,24H,4H2. The van der Waals surface area contributed by atoms with E-state index in [4.69, 9.17) is 39.8 Å². The summed E-state index contributed by atoms with van der Waals surface area (Å²) >= 11 is 18.0. The molecule has 0 saturated carbocycles. The molecule has 1 aliphatic carbocycles. The van der Waals surface area contributed by atoms with E-state index >= 15 is 0 Å². The second kappa shape index (κ2) is 6.97. The van der Waals surface area contributed by atoms with E-state index in [2.05, 4.69) is 0 Å². The highest BCUT2D eigenvalue weighted by molar-refractivity contribution is 7.81. The number of aromatic hydroxyl groups is 1. The fourth-order valence-electron chi connectivity index (χ4n) is 3.17. The Kier molecular flexibility index (Phi) is 4.64. The van der Waals surface area contributed by atoms with Crippen LogP contribution in [-0.2, 0) is 0 Å². The molecule has 1 N–H and O–H groups in total. The van der Waals surface area contributed by atoms with Crippen molar-refractivity contribution in [2.75, 3.05) is 0 Å². The summed E-state index contributed by atoms with van der Waals surface area (Å²) in [4.78, 5) is 13.6. The number of allylic oxidation sites excluding steroid dienone is 4. The predicted octanol–water partition coefficient (Wildman–Crippen LogP) is 6.19. The molecule has 0 fully saturated rings. The highest BCUT2D eigenvalue weighted by Crippen LogP contribution is 2.39. The summed E-state index contributed by atoms with van der Waals surface area (Å²) in [6.45, 7) is 0. The number of hydrogen-bond acceptors (Lipinski definition) is 4. The molecule has 1 aliphatic rings. The number of fused-ring (bicyclic) bond motifs is 1. The Balaban J connectivity index is 2.18. The number of halogens is 2. The van der Waals surface area contributed by atoms with Crippen LogP contribution in [0.4, 0.5) is 0 Å². The monoisotopic (exact) mass is 414 g/mol. The van der Waals surface area contributed by atoms with Crippen molar-refractivity contribution in [1.82, 2.24) is 0 Å². The van der Waals surface area contributed by atoms with Crippen molar-refractivity contribution >= 4 is 56.8 Å². The smallest absolute Gasteiger partial charge is 0.344 e. The molecular weight excluding hydrogens is 403 g/mol. The fourth-order valence-corrected chi connectivity index (χ4v) is 3.97. The van der Waals surface area contributed by atoms with Crippen LogP contribution in [-0.4, -0.2) is 9.97 Å². The Hall–Kier alpha value is -2.40. The maximum atomic E-state index is 12.9. The SMILES string of the molecule is O=c1oc2c(Cl)cc(Cl)cc2c(-c2ccc(O)cc2)c1C1=CC=CCC1=S. The minimum absolute atomic E-state index is 0.124. The van der Waals surface area contributed by atoms with Gasteiger partial charge in [-0.1, -0.05) is 65.8 Å². The van der Waals surface area contributed by atoms with Gasteiger partial charge in [0, 0.05) is 32.8 Å². The third-order valence-electron chi connectivity index (χ3n) is 4.35. The zero-order valence-electron chi connectivity index (χ0n) is 13.8. The van der Waals surface area contributed by atoms with Gasteiger partial charge in [0.05, 0.1) is 10.6 Å². The van der Waals surface area contributed by atoms with Crippen LogP contribution in [0.25, 0.3) is 27.7 Å². The van der Waals surface area contributed by atoms with Crippen molar-refractivity contribution in [3.8, 4) is 16.9 Å². The van der Waals surface area contributed by atoms with E-state index < -0.39 is 5.63 Å². The lowest BCUT2D eigenvalue weighted by Gasteiger charge is -2.17. The molecule has 0 aliphatic heterocycles. The van der Waals surface area contributed by atoms with E-state index in [1.165, 1.54) is 6.07 Å². The molecule has 4 rings (SSSR count). The van der Waals surface area contributed by atoms with Crippen LogP contribution in [0.3, 0.4) is 0 Å². The Morgan fingerprint density at radius 2 is 1.81 bits per heavy atom. The van der Waals surface area contributed by atoms with E-state index in [1.54, 1.807) is 36.4 Å². The van der Waals surface area contributed by atoms with Crippen LogP contribution in [0.2, 0.25) is 10.0 Å². The van der Waals surface area contributed by atoms with Crippen molar-refractivity contribution < 1.29 is 9.52 Å².